The van der Waals surface area contributed by atoms with E-state index in [9.17, 15) is 0 Å². The van der Waals surface area contributed by atoms with Gasteiger partial charge in [-0.2, -0.15) is 0 Å². The van der Waals surface area contributed by atoms with Gasteiger partial charge in [0.15, 0.2) is 0 Å². The van der Waals surface area contributed by atoms with Crippen molar-refractivity contribution in [2.75, 3.05) is 32.6 Å². The van der Waals surface area contributed by atoms with Crippen molar-refractivity contribution in [2.24, 2.45) is 5.73 Å². The van der Waals surface area contributed by atoms with Gasteiger partial charge in [0.1, 0.15) is 5.84 Å². The van der Waals surface area contributed by atoms with Gasteiger partial charge >= 0.3 is 0 Å². The van der Waals surface area contributed by atoms with Crippen molar-refractivity contribution in [2.45, 2.75) is 24.8 Å². The van der Waals surface area contributed by atoms with Crippen LogP contribution in [0, 0.1) is 5.41 Å². The van der Waals surface area contributed by atoms with E-state index >= 15 is 0 Å². The SMILES string of the molecule is CN(CC1(N(C)C)CCC1)c1cc(Cl)ccc1C(=N)N. The molecule has 0 aromatic heterocycles. The molecule has 1 aromatic carbocycles. The molecule has 4 nitrogen and oxygen atoms in total. The predicted molar refractivity (Wildman–Crippen MR) is 86.0 cm³/mol. The van der Waals surface area contributed by atoms with Crippen molar-refractivity contribution in [3.05, 3.63) is 28.8 Å². The average molecular weight is 295 g/mol. The molecule has 0 atom stereocenters. The summed E-state index contributed by atoms with van der Waals surface area (Å²) in [6.07, 6.45) is 3.70. The van der Waals surface area contributed by atoms with E-state index in [1.54, 1.807) is 6.07 Å². The molecular formula is C15H23ClN4. The lowest BCUT2D eigenvalue weighted by atomic mass is 9.75. The second kappa shape index (κ2) is 5.62. The maximum absolute atomic E-state index is 7.71. The molecule has 1 aliphatic carbocycles. The summed E-state index contributed by atoms with van der Waals surface area (Å²) in [4.78, 5) is 4.48. The molecule has 1 saturated carbocycles. The number of nitrogen functional groups attached to an aromatic ring is 1. The van der Waals surface area contributed by atoms with Gasteiger partial charge in [0.25, 0.3) is 0 Å². The van der Waals surface area contributed by atoms with Gasteiger partial charge in [0, 0.05) is 35.4 Å². The van der Waals surface area contributed by atoms with Crippen LogP contribution in [0.1, 0.15) is 24.8 Å². The molecule has 110 valence electrons. The first-order valence-corrected chi connectivity index (χ1v) is 7.26. The van der Waals surface area contributed by atoms with Crippen molar-refractivity contribution in [1.29, 1.82) is 5.41 Å². The summed E-state index contributed by atoms with van der Waals surface area (Å²) in [7, 11) is 6.31. The maximum Gasteiger partial charge on any atom is 0.124 e. The van der Waals surface area contributed by atoms with E-state index in [0.29, 0.717) is 5.02 Å². The Bertz CT molecular complexity index is 509. The highest BCUT2D eigenvalue weighted by atomic mass is 35.5. The number of benzene rings is 1. The van der Waals surface area contributed by atoms with E-state index < -0.39 is 0 Å². The molecule has 0 spiro atoms. The normalized spacial score (nSPS) is 16.9. The molecule has 0 heterocycles. The second-order valence-corrected chi connectivity index (χ2v) is 6.34. The van der Waals surface area contributed by atoms with E-state index in [4.69, 9.17) is 22.7 Å². The van der Waals surface area contributed by atoms with Gasteiger partial charge in [-0.05, 0) is 51.6 Å². The quantitative estimate of drug-likeness (QED) is 0.648. The molecule has 0 saturated heterocycles. The zero-order valence-electron chi connectivity index (χ0n) is 12.4. The minimum atomic E-state index is 0.0797. The maximum atomic E-state index is 7.71. The lowest BCUT2D eigenvalue weighted by Crippen LogP contribution is -2.56. The third kappa shape index (κ3) is 2.76. The molecule has 20 heavy (non-hydrogen) atoms. The van der Waals surface area contributed by atoms with E-state index in [1.165, 1.54) is 19.3 Å². The Hall–Kier alpha value is -1.26. The molecule has 0 bridgehead atoms. The number of nitrogens with two attached hydrogens (primary N) is 1. The minimum Gasteiger partial charge on any atom is -0.384 e. The number of anilines is 1. The van der Waals surface area contributed by atoms with Crippen molar-refractivity contribution < 1.29 is 0 Å². The highest BCUT2D eigenvalue weighted by molar-refractivity contribution is 6.31. The highest BCUT2D eigenvalue weighted by Gasteiger charge is 2.40. The van der Waals surface area contributed by atoms with Gasteiger partial charge in [-0.25, -0.2) is 0 Å². The fourth-order valence-corrected chi connectivity index (χ4v) is 3.07. The molecule has 0 amide bonds. The third-order valence-electron chi connectivity index (χ3n) is 4.43. The summed E-state index contributed by atoms with van der Waals surface area (Å²) in [5.41, 5.74) is 7.57. The number of amidine groups is 1. The summed E-state index contributed by atoms with van der Waals surface area (Å²) in [6.45, 7) is 0.917. The lowest BCUT2D eigenvalue weighted by molar-refractivity contribution is 0.0683. The van der Waals surface area contributed by atoms with Crippen LogP contribution in [0.5, 0.6) is 0 Å². The Balaban J connectivity index is 2.27. The highest BCUT2D eigenvalue weighted by Crippen LogP contribution is 2.38. The minimum absolute atomic E-state index is 0.0797. The molecule has 0 unspecified atom stereocenters. The van der Waals surface area contributed by atoms with Gasteiger partial charge in [0.2, 0.25) is 0 Å². The smallest absolute Gasteiger partial charge is 0.124 e. The summed E-state index contributed by atoms with van der Waals surface area (Å²) < 4.78 is 0. The largest absolute Gasteiger partial charge is 0.384 e. The van der Waals surface area contributed by atoms with Crippen LogP contribution in [-0.4, -0.2) is 44.0 Å². The third-order valence-corrected chi connectivity index (χ3v) is 4.66. The van der Waals surface area contributed by atoms with Gasteiger partial charge in [-0.1, -0.05) is 11.6 Å². The molecular weight excluding hydrogens is 272 g/mol. The number of likely N-dealkylation sites (N-methyl/N-ethyl adjacent to an activating group) is 2. The summed E-state index contributed by atoms with van der Waals surface area (Å²) in [6, 6.07) is 5.49. The van der Waals surface area contributed by atoms with E-state index in [2.05, 4.69) is 23.9 Å². The van der Waals surface area contributed by atoms with Gasteiger partial charge in [0.05, 0.1) is 0 Å². The van der Waals surface area contributed by atoms with Crippen molar-refractivity contribution in [3.63, 3.8) is 0 Å². The number of hydrogen-bond donors (Lipinski definition) is 2. The Morgan fingerprint density at radius 2 is 2.00 bits per heavy atom. The topological polar surface area (TPSA) is 56.4 Å². The van der Waals surface area contributed by atoms with Gasteiger partial charge < -0.3 is 15.5 Å². The van der Waals surface area contributed by atoms with Crippen LogP contribution < -0.4 is 10.6 Å². The number of rotatable bonds is 5. The van der Waals surface area contributed by atoms with Crippen LogP contribution in [0.4, 0.5) is 5.69 Å². The zero-order valence-corrected chi connectivity index (χ0v) is 13.2. The summed E-state index contributed by atoms with van der Waals surface area (Å²) in [5.74, 6) is 0.0797. The number of nitrogens with zero attached hydrogens (tertiary/aromatic N) is 2. The molecule has 1 fully saturated rings. The Morgan fingerprint density at radius 1 is 1.35 bits per heavy atom. The molecule has 0 radical (unpaired) electrons. The molecule has 1 aliphatic rings. The van der Waals surface area contributed by atoms with E-state index in [0.717, 1.165) is 17.8 Å². The van der Waals surface area contributed by atoms with Crippen molar-refractivity contribution in [1.82, 2.24) is 4.90 Å². The Labute approximate surface area is 126 Å². The fourth-order valence-electron chi connectivity index (χ4n) is 2.91. The summed E-state index contributed by atoms with van der Waals surface area (Å²) in [5, 5.41) is 8.38. The van der Waals surface area contributed by atoms with Crippen molar-refractivity contribution in [3.8, 4) is 0 Å². The average Bonchev–Trinajstić information content (AvgIpc) is 2.32. The molecule has 0 aliphatic heterocycles. The van der Waals surface area contributed by atoms with Crippen LogP contribution in [0.2, 0.25) is 5.02 Å². The lowest BCUT2D eigenvalue weighted by Gasteiger charge is -2.49. The molecule has 2 rings (SSSR count). The standard InChI is InChI=1S/C15H23ClN4/c1-19(2)15(7-4-8-15)10-20(3)13-9-11(16)5-6-12(13)14(17)18/h5-6,9H,4,7-8,10H2,1-3H3,(H3,17,18). The fraction of sp³-hybridized carbons (Fsp3) is 0.533. The van der Waals surface area contributed by atoms with Gasteiger partial charge in [-0.3, -0.25) is 5.41 Å². The van der Waals surface area contributed by atoms with Crippen LogP contribution in [0.15, 0.2) is 18.2 Å². The zero-order chi connectivity index (χ0) is 14.9. The molecule has 5 heteroatoms. The van der Waals surface area contributed by atoms with E-state index in [-0.39, 0.29) is 11.4 Å². The summed E-state index contributed by atoms with van der Waals surface area (Å²) >= 11 is 6.10. The monoisotopic (exact) mass is 294 g/mol. The molecule has 1 aromatic rings. The molecule has 3 N–H and O–H groups in total. The van der Waals surface area contributed by atoms with E-state index in [1.807, 2.05) is 19.2 Å². The predicted octanol–water partition coefficient (Wildman–Crippen LogP) is 2.54. The van der Waals surface area contributed by atoms with Gasteiger partial charge in [-0.15, -0.1) is 0 Å². The first-order chi connectivity index (χ1) is 9.35. The number of halogens is 1. The van der Waals surface area contributed by atoms with Crippen LogP contribution >= 0.6 is 11.6 Å². The van der Waals surface area contributed by atoms with Crippen LogP contribution in [0.3, 0.4) is 0 Å². The number of nitrogens with one attached hydrogen (secondary N) is 1. The van der Waals surface area contributed by atoms with Crippen LogP contribution in [-0.2, 0) is 0 Å². The second-order valence-electron chi connectivity index (χ2n) is 5.90. The first-order valence-electron chi connectivity index (χ1n) is 6.88. The van der Waals surface area contributed by atoms with Crippen LogP contribution in [0.25, 0.3) is 0 Å². The Morgan fingerprint density at radius 3 is 2.45 bits per heavy atom. The number of hydrogen-bond acceptors (Lipinski definition) is 3. The first kappa shape index (κ1) is 15.1. The van der Waals surface area contributed by atoms with Crippen molar-refractivity contribution >= 4 is 23.1 Å². The Kier molecular flexibility index (Phi) is 4.25.